The van der Waals surface area contributed by atoms with Crippen LogP contribution >= 0.6 is 0 Å². The number of hydrogen-bond donors (Lipinski definition) is 1. The van der Waals surface area contributed by atoms with Gasteiger partial charge in [-0.05, 0) is 50.1 Å². The Kier molecular flexibility index (Phi) is 5.53. The second kappa shape index (κ2) is 7.70. The Balaban J connectivity index is 1.88. The van der Waals surface area contributed by atoms with E-state index in [1.165, 1.54) is 12.1 Å². The molecule has 0 spiro atoms. The van der Waals surface area contributed by atoms with E-state index >= 15 is 0 Å². The molecule has 0 aliphatic carbocycles. The lowest BCUT2D eigenvalue weighted by Crippen LogP contribution is -2.40. The number of anilines is 1. The highest BCUT2D eigenvalue weighted by atomic mass is 32.2. The number of amides is 1. The first-order valence-electron chi connectivity index (χ1n) is 8.86. The summed E-state index contributed by atoms with van der Waals surface area (Å²) in [6, 6.07) is 10.0. The molecule has 3 rings (SSSR count). The Morgan fingerprint density at radius 2 is 1.67 bits per heavy atom. The molecule has 0 radical (unpaired) electrons. The molecule has 27 heavy (non-hydrogen) atoms. The van der Waals surface area contributed by atoms with Gasteiger partial charge in [-0.15, -0.1) is 0 Å². The molecule has 2 aromatic carbocycles. The highest BCUT2D eigenvalue weighted by Gasteiger charge is 2.22. The third-order valence-electron chi connectivity index (χ3n) is 4.60. The second-order valence-corrected chi connectivity index (χ2v) is 8.49. The summed E-state index contributed by atoms with van der Waals surface area (Å²) in [5.74, 6) is -0.182. The van der Waals surface area contributed by atoms with E-state index in [9.17, 15) is 13.2 Å². The van der Waals surface area contributed by atoms with Crippen molar-refractivity contribution in [3.8, 4) is 0 Å². The van der Waals surface area contributed by atoms with Crippen LogP contribution in [0.2, 0.25) is 0 Å². The number of carbonyl (C=O) groups excluding carboxylic acids is 1. The summed E-state index contributed by atoms with van der Waals surface area (Å²) < 4.78 is 33.7. The maximum Gasteiger partial charge on any atom is 0.261 e. The van der Waals surface area contributed by atoms with E-state index in [2.05, 4.69) is 4.72 Å². The summed E-state index contributed by atoms with van der Waals surface area (Å²) in [7, 11) is -3.80. The molecule has 7 heteroatoms. The number of nitrogens with zero attached hydrogens (tertiary/aromatic N) is 1. The summed E-state index contributed by atoms with van der Waals surface area (Å²) in [5, 5.41) is 0. The van der Waals surface area contributed by atoms with Crippen LogP contribution in [-0.4, -0.2) is 45.5 Å². The van der Waals surface area contributed by atoms with Crippen LogP contribution in [0, 0.1) is 20.8 Å². The number of rotatable bonds is 4. The molecule has 144 valence electrons. The van der Waals surface area contributed by atoms with Gasteiger partial charge in [0.2, 0.25) is 0 Å². The maximum absolute atomic E-state index is 12.9. The van der Waals surface area contributed by atoms with Crippen molar-refractivity contribution >= 4 is 21.6 Å². The van der Waals surface area contributed by atoms with E-state index in [-0.39, 0.29) is 10.8 Å². The van der Waals surface area contributed by atoms with Crippen LogP contribution in [0.4, 0.5) is 5.69 Å². The van der Waals surface area contributed by atoms with Gasteiger partial charge in [0.1, 0.15) is 0 Å². The number of morpholine rings is 1. The molecule has 0 unspecified atom stereocenters. The number of aryl methyl sites for hydroxylation is 3. The van der Waals surface area contributed by atoms with Crippen molar-refractivity contribution in [2.45, 2.75) is 25.7 Å². The first-order valence-corrected chi connectivity index (χ1v) is 10.3. The van der Waals surface area contributed by atoms with Crippen LogP contribution in [0.1, 0.15) is 27.0 Å². The SMILES string of the molecule is Cc1cc(C)c(NS(=O)(=O)c2cccc(C(=O)N3CCOCC3)c2)c(C)c1. The number of hydrogen-bond acceptors (Lipinski definition) is 4. The molecule has 0 saturated carbocycles. The lowest BCUT2D eigenvalue weighted by molar-refractivity contribution is 0.0302. The van der Waals surface area contributed by atoms with Crippen molar-refractivity contribution in [2.24, 2.45) is 0 Å². The Morgan fingerprint density at radius 1 is 1.04 bits per heavy atom. The fourth-order valence-corrected chi connectivity index (χ4v) is 4.53. The van der Waals surface area contributed by atoms with E-state index in [0.717, 1.165) is 16.7 Å². The van der Waals surface area contributed by atoms with Crippen molar-refractivity contribution in [3.05, 3.63) is 58.7 Å². The number of benzene rings is 2. The summed E-state index contributed by atoms with van der Waals surface area (Å²) in [4.78, 5) is 14.4. The molecule has 0 atom stereocenters. The molecule has 1 N–H and O–H groups in total. The molecular formula is C20H24N2O4S. The molecular weight excluding hydrogens is 364 g/mol. The van der Waals surface area contributed by atoms with Gasteiger partial charge in [-0.3, -0.25) is 9.52 Å². The largest absolute Gasteiger partial charge is 0.378 e. The van der Waals surface area contributed by atoms with E-state index in [4.69, 9.17) is 4.74 Å². The van der Waals surface area contributed by atoms with Gasteiger partial charge in [-0.1, -0.05) is 23.8 Å². The van der Waals surface area contributed by atoms with Crippen LogP contribution in [-0.2, 0) is 14.8 Å². The van der Waals surface area contributed by atoms with Gasteiger partial charge < -0.3 is 9.64 Å². The number of sulfonamides is 1. The minimum atomic E-state index is -3.80. The summed E-state index contributed by atoms with van der Waals surface area (Å²) in [5.41, 5.74) is 3.72. The zero-order valence-electron chi connectivity index (χ0n) is 15.8. The first kappa shape index (κ1) is 19.4. The van der Waals surface area contributed by atoms with Crippen molar-refractivity contribution in [1.82, 2.24) is 4.90 Å². The highest BCUT2D eigenvalue weighted by molar-refractivity contribution is 7.92. The Bertz CT molecular complexity index is 941. The third-order valence-corrected chi connectivity index (χ3v) is 5.95. The molecule has 1 amide bonds. The minimum absolute atomic E-state index is 0.0704. The predicted octanol–water partition coefficient (Wildman–Crippen LogP) is 2.89. The lowest BCUT2D eigenvalue weighted by atomic mass is 10.1. The number of ether oxygens (including phenoxy) is 1. The second-order valence-electron chi connectivity index (χ2n) is 6.81. The Labute approximate surface area is 160 Å². The zero-order chi connectivity index (χ0) is 19.6. The molecule has 1 heterocycles. The Hall–Kier alpha value is -2.38. The van der Waals surface area contributed by atoms with E-state index in [1.807, 2.05) is 32.9 Å². The standard InChI is InChI=1S/C20H24N2O4S/c1-14-11-15(2)19(16(3)12-14)21-27(24,25)18-6-4-5-17(13-18)20(23)22-7-9-26-10-8-22/h4-6,11-13,21H,7-10H2,1-3H3. The van der Waals surface area contributed by atoms with Gasteiger partial charge in [-0.25, -0.2) is 8.42 Å². The quantitative estimate of drug-likeness (QED) is 0.874. The third kappa shape index (κ3) is 4.31. The van der Waals surface area contributed by atoms with Crippen LogP contribution in [0.25, 0.3) is 0 Å². The van der Waals surface area contributed by atoms with Crippen LogP contribution in [0.3, 0.4) is 0 Å². The molecule has 1 saturated heterocycles. The van der Waals surface area contributed by atoms with Crippen molar-refractivity contribution < 1.29 is 17.9 Å². The van der Waals surface area contributed by atoms with Crippen LogP contribution in [0.15, 0.2) is 41.3 Å². The fraction of sp³-hybridized carbons (Fsp3) is 0.350. The summed E-state index contributed by atoms with van der Waals surface area (Å²) >= 11 is 0. The average molecular weight is 388 g/mol. The van der Waals surface area contributed by atoms with E-state index < -0.39 is 10.0 Å². The summed E-state index contributed by atoms with van der Waals surface area (Å²) in [6.45, 7) is 7.73. The minimum Gasteiger partial charge on any atom is -0.378 e. The van der Waals surface area contributed by atoms with Crippen molar-refractivity contribution in [2.75, 3.05) is 31.0 Å². The maximum atomic E-state index is 12.9. The van der Waals surface area contributed by atoms with Gasteiger partial charge >= 0.3 is 0 Å². The van der Waals surface area contributed by atoms with Crippen molar-refractivity contribution in [1.29, 1.82) is 0 Å². The molecule has 1 aliphatic heterocycles. The van der Waals surface area contributed by atoms with Crippen LogP contribution in [0.5, 0.6) is 0 Å². The molecule has 1 aliphatic rings. The molecule has 6 nitrogen and oxygen atoms in total. The smallest absolute Gasteiger partial charge is 0.261 e. The average Bonchev–Trinajstić information content (AvgIpc) is 2.65. The van der Waals surface area contributed by atoms with Gasteiger partial charge in [0.15, 0.2) is 0 Å². The van der Waals surface area contributed by atoms with Gasteiger partial charge in [-0.2, -0.15) is 0 Å². The monoisotopic (exact) mass is 388 g/mol. The highest BCUT2D eigenvalue weighted by Crippen LogP contribution is 2.25. The van der Waals surface area contributed by atoms with E-state index in [0.29, 0.717) is 37.6 Å². The molecule has 1 fully saturated rings. The molecule has 0 bridgehead atoms. The number of carbonyl (C=O) groups is 1. The van der Waals surface area contributed by atoms with E-state index in [1.54, 1.807) is 17.0 Å². The number of nitrogens with one attached hydrogen (secondary N) is 1. The normalized spacial score (nSPS) is 14.9. The van der Waals surface area contributed by atoms with Gasteiger partial charge in [0.05, 0.1) is 23.8 Å². The van der Waals surface area contributed by atoms with Gasteiger partial charge in [0.25, 0.3) is 15.9 Å². The zero-order valence-corrected chi connectivity index (χ0v) is 16.6. The lowest BCUT2D eigenvalue weighted by Gasteiger charge is -2.27. The summed E-state index contributed by atoms with van der Waals surface area (Å²) in [6.07, 6.45) is 0. The Morgan fingerprint density at radius 3 is 2.30 bits per heavy atom. The predicted molar refractivity (Wildman–Crippen MR) is 105 cm³/mol. The van der Waals surface area contributed by atoms with Crippen LogP contribution < -0.4 is 4.72 Å². The van der Waals surface area contributed by atoms with Gasteiger partial charge in [0, 0.05) is 18.7 Å². The first-order chi connectivity index (χ1) is 12.8. The topological polar surface area (TPSA) is 75.7 Å². The molecule has 0 aromatic heterocycles. The molecule has 2 aromatic rings. The van der Waals surface area contributed by atoms with Crippen molar-refractivity contribution in [3.63, 3.8) is 0 Å². The fourth-order valence-electron chi connectivity index (χ4n) is 3.28.